The van der Waals surface area contributed by atoms with Gasteiger partial charge in [0.05, 0.1) is 11.4 Å². The van der Waals surface area contributed by atoms with Gasteiger partial charge in [0.15, 0.2) is 0 Å². The van der Waals surface area contributed by atoms with Gasteiger partial charge in [0.1, 0.15) is 6.61 Å². The normalized spacial score (nSPS) is 16.7. The molecule has 1 N–H and O–H groups in total. The van der Waals surface area contributed by atoms with Crippen molar-refractivity contribution in [1.29, 1.82) is 0 Å². The molecular weight excluding hydrogens is 426 g/mol. The van der Waals surface area contributed by atoms with Crippen molar-refractivity contribution in [3.05, 3.63) is 75.2 Å². The van der Waals surface area contributed by atoms with E-state index < -0.39 is 0 Å². The number of fused-ring (bicyclic) bond motifs is 1. The Labute approximate surface area is 201 Å². The molecule has 0 saturated heterocycles. The molecule has 1 aromatic heterocycles. The van der Waals surface area contributed by atoms with Gasteiger partial charge in [-0.2, -0.15) is 0 Å². The minimum Gasteiger partial charge on any atom is -0.391 e. The van der Waals surface area contributed by atoms with Crippen LogP contribution in [0.15, 0.2) is 52.4 Å². The lowest BCUT2D eigenvalue weighted by molar-refractivity contribution is 0.130. The van der Waals surface area contributed by atoms with Gasteiger partial charge < -0.3 is 10.2 Å². The van der Waals surface area contributed by atoms with Crippen molar-refractivity contribution >= 4 is 11.7 Å². The number of oxime groups is 1. The first kappa shape index (κ1) is 23.8. The Morgan fingerprint density at radius 2 is 1.76 bits per heavy atom. The molecule has 0 unspecified atom stereocenters. The smallest absolute Gasteiger partial charge is 0.351 e. The van der Waals surface area contributed by atoms with Crippen LogP contribution < -0.4 is 11.0 Å². The summed E-state index contributed by atoms with van der Waals surface area (Å²) in [4.78, 5) is 18.4. The van der Waals surface area contributed by atoms with Crippen LogP contribution in [0.1, 0.15) is 69.7 Å². The second kappa shape index (κ2) is 8.78. The quantitative estimate of drug-likeness (QED) is 0.418. The van der Waals surface area contributed by atoms with Crippen molar-refractivity contribution in [3.8, 4) is 5.69 Å². The van der Waals surface area contributed by atoms with Gasteiger partial charge in [0, 0.05) is 19.7 Å². The summed E-state index contributed by atoms with van der Waals surface area (Å²) in [6.45, 7) is 11.5. The van der Waals surface area contributed by atoms with Crippen molar-refractivity contribution in [1.82, 2.24) is 14.3 Å². The van der Waals surface area contributed by atoms with Crippen LogP contribution in [0.5, 0.6) is 0 Å². The maximum atomic E-state index is 12.6. The number of anilines is 1. The van der Waals surface area contributed by atoms with Gasteiger partial charge in [-0.3, -0.25) is 0 Å². The lowest BCUT2D eigenvalue weighted by Crippen LogP contribution is -2.34. The highest BCUT2D eigenvalue weighted by molar-refractivity contribution is 5.98. The summed E-state index contributed by atoms with van der Waals surface area (Å²) in [5, 5.41) is 11.6. The molecule has 1 aliphatic rings. The molecule has 0 saturated carbocycles. The third kappa shape index (κ3) is 4.27. The molecule has 0 aliphatic heterocycles. The zero-order valence-electron chi connectivity index (χ0n) is 21.3. The lowest BCUT2D eigenvalue weighted by atomic mass is 9.63. The van der Waals surface area contributed by atoms with Crippen LogP contribution >= 0.6 is 0 Å². The number of aryl methyl sites for hydroxylation is 1. The monoisotopic (exact) mass is 461 g/mol. The molecule has 0 fully saturated rings. The van der Waals surface area contributed by atoms with Crippen molar-refractivity contribution in [2.45, 2.75) is 64.9 Å². The second-order valence-corrected chi connectivity index (χ2v) is 10.4. The minimum atomic E-state index is -0.226. The number of aromatic nitrogens is 3. The fourth-order valence-corrected chi connectivity index (χ4v) is 4.76. The number of hydrogen-bond acceptors (Lipinski definition) is 5. The molecule has 34 heavy (non-hydrogen) atoms. The molecule has 0 amide bonds. The highest BCUT2D eigenvalue weighted by Crippen LogP contribution is 2.45. The van der Waals surface area contributed by atoms with E-state index in [1.165, 1.54) is 28.7 Å². The highest BCUT2D eigenvalue weighted by atomic mass is 16.6. The van der Waals surface area contributed by atoms with E-state index in [1.807, 2.05) is 31.2 Å². The molecule has 3 aromatic rings. The summed E-state index contributed by atoms with van der Waals surface area (Å²) in [6, 6.07) is 14.3. The molecule has 1 heterocycles. The third-order valence-electron chi connectivity index (χ3n) is 7.07. The predicted molar refractivity (Wildman–Crippen MR) is 137 cm³/mol. The number of hydrogen-bond donors (Lipinski definition) is 1. The second-order valence-electron chi connectivity index (χ2n) is 10.4. The molecule has 1 aliphatic carbocycles. The molecule has 4 rings (SSSR count). The molecular formula is C27H35N5O2. The van der Waals surface area contributed by atoms with Gasteiger partial charge in [-0.05, 0) is 59.4 Å². The zero-order chi connectivity index (χ0) is 24.7. The molecule has 7 heteroatoms. The summed E-state index contributed by atoms with van der Waals surface area (Å²) in [7, 11) is 3.37. The van der Waals surface area contributed by atoms with E-state index in [2.05, 4.69) is 61.5 Å². The van der Waals surface area contributed by atoms with Crippen LogP contribution in [0, 0.1) is 0 Å². The topological polar surface area (TPSA) is 73.4 Å². The Bertz CT molecular complexity index is 1300. The fourth-order valence-electron chi connectivity index (χ4n) is 4.76. The zero-order valence-corrected chi connectivity index (χ0v) is 21.3. The minimum absolute atomic E-state index is 0.142. The van der Waals surface area contributed by atoms with Crippen molar-refractivity contribution in [2.24, 2.45) is 12.2 Å². The first-order valence-corrected chi connectivity index (χ1v) is 11.8. The van der Waals surface area contributed by atoms with E-state index in [-0.39, 0.29) is 23.1 Å². The Kier molecular flexibility index (Phi) is 6.14. The van der Waals surface area contributed by atoms with Gasteiger partial charge in [-0.15, -0.1) is 5.10 Å². The van der Waals surface area contributed by atoms with Gasteiger partial charge >= 0.3 is 5.69 Å². The molecule has 7 nitrogen and oxygen atoms in total. The fraction of sp³-hybridized carbons (Fsp3) is 0.444. The van der Waals surface area contributed by atoms with E-state index in [4.69, 9.17) is 4.84 Å². The van der Waals surface area contributed by atoms with Crippen molar-refractivity contribution < 1.29 is 4.84 Å². The average Bonchev–Trinajstić information content (AvgIpc) is 3.10. The maximum absolute atomic E-state index is 12.6. The SMILES string of the molecule is CNc1nn(C)c(=O)n1-c1ccccc1CO/N=C(/C)c1ccc2c(c1)C(C)(C)CCC2(C)C. The van der Waals surface area contributed by atoms with E-state index in [1.54, 1.807) is 18.7 Å². The van der Waals surface area contributed by atoms with Crippen molar-refractivity contribution in [2.75, 3.05) is 12.4 Å². The van der Waals surface area contributed by atoms with Crippen LogP contribution in [-0.4, -0.2) is 27.1 Å². The summed E-state index contributed by atoms with van der Waals surface area (Å²) >= 11 is 0. The summed E-state index contributed by atoms with van der Waals surface area (Å²) in [5.41, 5.74) is 6.39. The number of rotatable bonds is 6. The number of benzene rings is 2. The van der Waals surface area contributed by atoms with Crippen LogP contribution in [0.2, 0.25) is 0 Å². The van der Waals surface area contributed by atoms with Gasteiger partial charge in [0.2, 0.25) is 5.95 Å². The number of nitrogens with zero attached hydrogens (tertiary/aromatic N) is 4. The van der Waals surface area contributed by atoms with Crippen LogP contribution in [0.25, 0.3) is 5.69 Å². The first-order valence-electron chi connectivity index (χ1n) is 11.8. The number of nitrogens with one attached hydrogen (secondary N) is 1. The Morgan fingerprint density at radius 3 is 2.47 bits per heavy atom. The summed E-state index contributed by atoms with van der Waals surface area (Å²) in [6.07, 6.45) is 2.36. The maximum Gasteiger partial charge on any atom is 0.351 e. The molecule has 0 radical (unpaired) electrons. The van der Waals surface area contributed by atoms with Gasteiger partial charge in [0.25, 0.3) is 0 Å². The van der Waals surface area contributed by atoms with E-state index in [0.717, 1.165) is 22.5 Å². The summed E-state index contributed by atoms with van der Waals surface area (Å²) in [5.74, 6) is 0.472. The van der Waals surface area contributed by atoms with Gasteiger partial charge in [-0.1, -0.05) is 63.2 Å². The molecule has 2 aromatic carbocycles. The van der Waals surface area contributed by atoms with Gasteiger partial charge in [-0.25, -0.2) is 14.0 Å². The van der Waals surface area contributed by atoms with Crippen LogP contribution in [0.3, 0.4) is 0 Å². The molecule has 0 atom stereocenters. The van der Waals surface area contributed by atoms with E-state index in [0.29, 0.717) is 5.95 Å². The van der Waals surface area contributed by atoms with E-state index >= 15 is 0 Å². The highest BCUT2D eigenvalue weighted by Gasteiger charge is 2.37. The standard InChI is InChI=1S/C27H35N5O2/c1-18(19-12-13-21-22(16-19)27(4,5)15-14-26(21,2)3)30-34-17-20-10-8-9-11-23(20)32-24(28-6)29-31(7)25(32)33/h8-13,16H,14-15,17H2,1-7H3,(H,28,29)/b30-18-. The van der Waals surface area contributed by atoms with Crippen molar-refractivity contribution in [3.63, 3.8) is 0 Å². The predicted octanol–water partition coefficient (Wildman–Crippen LogP) is 4.90. The molecule has 0 bridgehead atoms. The Hall–Kier alpha value is -3.35. The third-order valence-corrected chi connectivity index (χ3v) is 7.07. The van der Waals surface area contributed by atoms with Crippen LogP contribution in [-0.2, 0) is 29.3 Å². The molecule has 0 spiro atoms. The number of para-hydroxylation sites is 1. The average molecular weight is 462 g/mol. The lowest BCUT2D eigenvalue weighted by Gasteiger charge is -2.42. The largest absolute Gasteiger partial charge is 0.391 e. The summed E-state index contributed by atoms with van der Waals surface area (Å²) < 4.78 is 2.85. The van der Waals surface area contributed by atoms with E-state index in [9.17, 15) is 4.79 Å². The molecule has 180 valence electrons. The Morgan fingerprint density at radius 1 is 1.09 bits per heavy atom. The van der Waals surface area contributed by atoms with Crippen LogP contribution in [0.4, 0.5) is 5.95 Å². The first-order chi connectivity index (χ1) is 16.0. The Balaban J connectivity index is 1.59.